The molecule has 0 radical (unpaired) electrons. The molecule has 0 aromatic carbocycles. The number of rotatable bonds is 9. The summed E-state index contributed by atoms with van der Waals surface area (Å²) >= 11 is 0. The zero-order valence-corrected chi connectivity index (χ0v) is 15.7. The minimum Gasteiger partial charge on any atom is -0.461 e. The van der Waals surface area contributed by atoms with Gasteiger partial charge in [-0.15, -0.1) is 0 Å². The number of alkyl halides is 2. The van der Waals surface area contributed by atoms with Gasteiger partial charge < -0.3 is 20.3 Å². The van der Waals surface area contributed by atoms with E-state index in [2.05, 4.69) is 15.7 Å². The first kappa shape index (κ1) is 22.2. The van der Waals surface area contributed by atoms with E-state index in [1.54, 1.807) is 6.08 Å². The highest BCUT2D eigenvalue weighted by molar-refractivity contribution is 5.80. The zero-order valence-electron chi connectivity index (χ0n) is 15.7. The Morgan fingerprint density at radius 3 is 2.69 bits per heavy atom. The van der Waals surface area contributed by atoms with Crippen molar-refractivity contribution in [3.8, 4) is 0 Å². The van der Waals surface area contributed by atoms with Crippen molar-refractivity contribution in [2.75, 3.05) is 26.2 Å². The van der Waals surface area contributed by atoms with Gasteiger partial charge in [0.05, 0.1) is 25.7 Å². The number of nitrogens with one attached hydrogen (secondary N) is 2. The maximum atomic E-state index is 14.5. The van der Waals surface area contributed by atoms with Crippen molar-refractivity contribution in [3.05, 3.63) is 23.7 Å². The standard InChI is InChI=1S/C17H22F3N5O4/c1-11(27)21-7-13(29-10-26)8-22-12-2-3-15(14(18)6-12)24-4-5-25(23-9-24)17(28)16(19)20/h2,6,9-10,13,15-16,22H,3-5,7-8H2,1H3,(H,21,27)/t13-,15?/m0/s1. The van der Waals surface area contributed by atoms with Crippen LogP contribution in [0, 0.1) is 0 Å². The summed E-state index contributed by atoms with van der Waals surface area (Å²) in [5, 5.41) is 9.80. The summed E-state index contributed by atoms with van der Waals surface area (Å²) in [6, 6.07) is -0.658. The predicted molar refractivity (Wildman–Crippen MR) is 96.2 cm³/mol. The summed E-state index contributed by atoms with van der Waals surface area (Å²) in [6.07, 6.45) is 0.696. The molecule has 1 heterocycles. The molecule has 0 aromatic heterocycles. The first-order valence-electron chi connectivity index (χ1n) is 8.85. The number of hydrogen-bond acceptors (Lipinski definition) is 7. The molecule has 1 aliphatic carbocycles. The largest absolute Gasteiger partial charge is 0.461 e. The van der Waals surface area contributed by atoms with Crippen LogP contribution in [0.1, 0.15) is 13.3 Å². The molecule has 2 amide bonds. The van der Waals surface area contributed by atoms with Crippen LogP contribution in [0.5, 0.6) is 0 Å². The van der Waals surface area contributed by atoms with Crippen LogP contribution in [-0.4, -0.2) is 79.3 Å². The maximum absolute atomic E-state index is 14.5. The molecule has 1 aliphatic heterocycles. The summed E-state index contributed by atoms with van der Waals surface area (Å²) in [5.41, 5.74) is 0.476. The van der Waals surface area contributed by atoms with E-state index in [0.29, 0.717) is 10.7 Å². The van der Waals surface area contributed by atoms with Crippen LogP contribution in [0.15, 0.2) is 28.8 Å². The van der Waals surface area contributed by atoms with E-state index in [4.69, 9.17) is 4.74 Å². The fourth-order valence-corrected chi connectivity index (χ4v) is 2.78. The van der Waals surface area contributed by atoms with E-state index in [9.17, 15) is 27.6 Å². The van der Waals surface area contributed by atoms with E-state index < -0.39 is 30.3 Å². The Labute approximate surface area is 165 Å². The lowest BCUT2D eigenvalue weighted by Crippen LogP contribution is -2.47. The molecule has 2 rings (SSSR count). The SMILES string of the molecule is CC(=O)NC[C@@H](CNC1=CCC(N2C=NN(C(=O)C(F)F)CC2)C(F)=C1)OC=O. The van der Waals surface area contributed by atoms with Gasteiger partial charge in [0.2, 0.25) is 5.91 Å². The van der Waals surface area contributed by atoms with Gasteiger partial charge in [0.25, 0.3) is 6.47 Å². The van der Waals surface area contributed by atoms with Gasteiger partial charge in [-0.25, -0.2) is 9.40 Å². The van der Waals surface area contributed by atoms with Crippen LogP contribution in [-0.2, 0) is 19.1 Å². The molecule has 2 aliphatic rings. The van der Waals surface area contributed by atoms with Gasteiger partial charge in [-0.3, -0.25) is 14.4 Å². The Bertz CT molecular complexity index is 713. The van der Waals surface area contributed by atoms with Gasteiger partial charge in [0, 0.05) is 19.2 Å². The molecule has 12 heteroatoms. The summed E-state index contributed by atoms with van der Waals surface area (Å²) in [7, 11) is 0. The van der Waals surface area contributed by atoms with E-state index in [1.165, 1.54) is 24.2 Å². The molecule has 0 bridgehead atoms. The number of ether oxygens (including phenoxy) is 1. The number of carbonyl (C=O) groups is 3. The third kappa shape index (κ3) is 6.50. The average molecular weight is 417 g/mol. The normalized spacial score (nSPS) is 20.0. The molecule has 0 saturated heterocycles. The lowest BCUT2D eigenvalue weighted by molar-refractivity contribution is -0.143. The molecule has 29 heavy (non-hydrogen) atoms. The van der Waals surface area contributed by atoms with Crippen LogP contribution in [0.4, 0.5) is 13.2 Å². The monoisotopic (exact) mass is 417 g/mol. The van der Waals surface area contributed by atoms with Crippen molar-refractivity contribution in [1.29, 1.82) is 0 Å². The minimum atomic E-state index is -3.14. The highest BCUT2D eigenvalue weighted by atomic mass is 19.3. The Hall–Kier alpha value is -3.05. The van der Waals surface area contributed by atoms with Crippen molar-refractivity contribution in [2.45, 2.75) is 31.9 Å². The highest BCUT2D eigenvalue weighted by Gasteiger charge is 2.30. The smallest absolute Gasteiger partial charge is 0.317 e. The van der Waals surface area contributed by atoms with Gasteiger partial charge >= 0.3 is 12.3 Å². The Kier molecular flexibility index (Phi) is 8.04. The fourth-order valence-electron chi connectivity index (χ4n) is 2.78. The van der Waals surface area contributed by atoms with Crippen LogP contribution in [0.2, 0.25) is 0 Å². The van der Waals surface area contributed by atoms with Crippen molar-refractivity contribution < 1.29 is 32.3 Å². The Morgan fingerprint density at radius 2 is 2.14 bits per heavy atom. The second kappa shape index (κ2) is 10.5. The van der Waals surface area contributed by atoms with Crippen LogP contribution in [0.25, 0.3) is 0 Å². The maximum Gasteiger partial charge on any atom is 0.317 e. The van der Waals surface area contributed by atoms with Crippen molar-refractivity contribution in [3.63, 3.8) is 0 Å². The molecule has 0 saturated carbocycles. The zero-order chi connectivity index (χ0) is 21.4. The van der Waals surface area contributed by atoms with Gasteiger partial charge in [0.1, 0.15) is 18.3 Å². The molecule has 160 valence electrons. The van der Waals surface area contributed by atoms with Gasteiger partial charge in [-0.2, -0.15) is 13.9 Å². The number of hydrogen-bond donors (Lipinski definition) is 2. The van der Waals surface area contributed by atoms with Crippen LogP contribution < -0.4 is 10.6 Å². The summed E-state index contributed by atoms with van der Waals surface area (Å²) < 4.78 is 44.2. The molecule has 0 spiro atoms. The lowest BCUT2D eigenvalue weighted by Gasteiger charge is -2.34. The minimum absolute atomic E-state index is 0.0634. The fraction of sp³-hybridized carbons (Fsp3) is 0.529. The number of hydrazone groups is 1. The second-order valence-electron chi connectivity index (χ2n) is 6.34. The Morgan fingerprint density at radius 1 is 1.38 bits per heavy atom. The molecule has 2 N–H and O–H groups in total. The van der Waals surface area contributed by atoms with Gasteiger partial charge in [-0.05, 0) is 12.5 Å². The van der Waals surface area contributed by atoms with E-state index in [-0.39, 0.29) is 45.0 Å². The topological polar surface area (TPSA) is 103 Å². The van der Waals surface area contributed by atoms with E-state index in [0.717, 1.165) is 0 Å². The number of carbonyl (C=O) groups excluding carboxylic acids is 3. The van der Waals surface area contributed by atoms with E-state index >= 15 is 0 Å². The predicted octanol–water partition coefficient (Wildman–Crippen LogP) is 0.116. The summed E-state index contributed by atoms with van der Waals surface area (Å²) in [5.74, 6) is -2.13. The molecule has 2 atom stereocenters. The number of nitrogens with zero attached hydrogens (tertiary/aromatic N) is 3. The summed E-state index contributed by atoms with van der Waals surface area (Å²) in [6.45, 7) is 1.98. The average Bonchev–Trinajstić information content (AvgIpc) is 2.69. The molecular formula is C17H22F3N5O4. The van der Waals surface area contributed by atoms with Crippen molar-refractivity contribution >= 4 is 24.6 Å². The third-order valence-corrected chi connectivity index (χ3v) is 4.28. The van der Waals surface area contributed by atoms with Crippen molar-refractivity contribution in [1.82, 2.24) is 20.5 Å². The highest BCUT2D eigenvalue weighted by Crippen LogP contribution is 2.23. The van der Waals surface area contributed by atoms with Gasteiger partial charge in [-0.1, -0.05) is 6.08 Å². The summed E-state index contributed by atoms with van der Waals surface area (Å²) in [4.78, 5) is 34.3. The number of allylic oxidation sites excluding steroid dienone is 1. The molecule has 0 fully saturated rings. The van der Waals surface area contributed by atoms with Crippen LogP contribution >= 0.6 is 0 Å². The third-order valence-electron chi connectivity index (χ3n) is 4.28. The molecule has 0 aromatic rings. The quantitative estimate of drug-likeness (QED) is 0.517. The van der Waals surface area contributed by atoms with Crippen molar-refractivity contribution in [2.24, 2.45) is 5.10 Å². The Balaban J connectivity index is 1.88. The lowest BCUT2D eigenvalue weighted by atomic mass is 10.0. The van der Waals surface area contributed by atoms with E-state index in [1.807, 2.05) is 0 Å². The number of amides is 2. The number of halogens is 3. The first-order chi connectivity index (χ1) is 13.8. The first-order valence-corrected chi connectivity index (χ1v) is 8.85. The van der Waals surface area contributed by atoms with Crippen LogP contribution in [0.3, 0.4) is 0 Å². The molecular weight excluding hydrogens is 395 g/mol. The molecule has 9 nitrogen and oxygen atoms in total. The van der Waals surface area contributed by atoms with Gasteiger partial charge in [0.15, 0.2) is 0 Å². The molecule has 1 unspecified atom stereocenters. The second-order valence-corrected chi connectivity index (χ2v) is 6.34.